The zero-order valence-corrected chi connectivity index (χ0v) is 16.7. The number of hydrogen-bond donors (Lipinski definition) is 1. The summed E-state index contributed by atoms with van der Waals surface area (Å²) in [6.45, 7) is 2.59. The molecule has 0 aliphatic carbocycles. The summed E-state index contributed by atoms with van der Waals surface area (Å²) < 4.78 is 7.22. The van der Waals surface area contributed by atoms with E-state index in [1.165, 1.54) is 11.3 Å². The lowest BCUT2D eigenvalue weighted by Gasteiger charge is -2.03. The highest BCUT2D eigenvalue weighted by atomic mass is 32.1. The monoisotopic (exact) mass is 404 g/mol. The molecule has 4 rings (SSSR count). The first-order valence-electron chi connectivity index (χ1n) is 9.29. The van der Waals surface area contributed by atoms with Crippen LogP contribution in [0.2, 0.25) is 0 Å². The van der Waals surface area contributed by atoms with Gasteiger partial charge in [0.1, 0.15) is 5.75 Å². The number of rotatable bonds is 7. The van der Waals surface area contributed by atoms with Crippen LogP contribution in [0.5, 0.6) is 5.75 Å². The lowest BCUT2D eigenvalue weighted by atomic mass is 10.2. The predicted molar refractivity (Wildman–Crippen MR) is 115 cm³/mol. The van der Waals surface area contributed by atoms with Gasteiger partial charge < -0.3 is 10.1 Å². The van der Waals surface area contributed by atoms with Crippen LogP contribution in [0.1, 0.15) is 12.5 Å². The summed E-state index contributed by atoms with van der Waals surface area (Å²) in [6, 6.07) is 17.6. The van der Waals surface area contributed by atoms with E-state index in [9.17, 15) is 4.79 Å². The van der Waals surface area contributed by atoms with Gasteiger partial charge in [-0.25, -0.2) is 9.67 Å². The lowest BCUT2D eigenvalue weighted by molar-refractivity contribution is -0.115. The third-order valence-electron chi connectivity index (χ3n) is 4.23. The number of carbonyl (C=O) groups is 1. The number of ether oxygens (including phenoxy) is 1. The van der Waals surface area contributed by atoms with Crippen LogP contribution in [0.4, 0.5) is 5.13 Å². The minimum atomic E-state index is -0.120. The normalized spacial score (nSPS) is 10.7. The van der Waals surface area contributed by atoms with Crippen molar-refractivity contribution in [2.75, 3.05) is 11.9 Å². The number of anilines is 1. The number of carbonyl (C=O) groups excluding carboxylic acids is 1. The molecule has 4 aromatic rings. The van der Waals surface area contributed by atoms with Gasteiger partial charge in [0.15, 0.2) is 5.13 Å². The van der Waals surface area contributed by atoms with Gasteiger partial charge in [-0.2, -0.15) is 5.10 Å². The Bertz CT molecular complexity index is 1090. The third-order valence-corrected chi connectivity index (χ3v) is 4.99. The molecule has 2 aromatic carbocycles. The van der Waals surface area contributed by atoms with Gasteiger partial charge in [0.25, 0.3) is 0 Å². The van der Waals surface area contributed by atoms with E-state index in [2.05, 4.69) is 15.4 Å². The fraction of sp³-hybridized carbons (Fsp3) is 0.136. The number of amides is 1. The average molecular weight is 404 g/mol. The Morgan fingerprint density at radius 2 is 1.93 bits per heavy atom. The second-order valence-electron chi connectivity index (χ2n) is 6.35. The number of benzene rings is 2. The second-order valence-corrected chi connectivity index (χ2v) is 7.21. The van der Waals surface area contributed by atoms with Gasteiger partial charge in [0.2, 0.25) is 5.91 Å². The van der Waals surface area contributed by atoms with E-state index in [4.69, 9.17) is 4.74 Å². The van der Waals surface area contributed by atoms with Crippen molar-refractivity contribution in [3.8, 4) is 22.7 Å². The van der Waals surface area contributed by atoms with Crippen molar-refractivity contribution in [1.29, 1.82) is 0 Å². The summed E-state index contributed by atoms with van der Waals surface area (Å²) >= 11 is 1.40. The maximum absolute atomic E-state index is 12.4. The highest BCUT2D eigenvalue weighted by Gasteiger charge is 2.11. The predicted octanol–water partition coefficient (Wildman–Crippen LogP) is 4.58. The fourth-order valence-corrected chi connectivity index (χ4v) is 3.61. The Kier molecular flexibility index (Phi) is 5.67. The molecule has 0 aliphatic rings. The molecular weight excluding hydrogens is 384 g/mol. The van der Waals surface area contributed by atoms with E-state index in [1.807, 2.05) is 73.1 Å². The van der Waals surface area contributed by atoms with E-state index in [0.717, 1.165) is 28.3 Å². The molecule has 146 valence electrons. The van der Waals surface area contributed by atoms with Crippen molar-refractivity contribution in [3.05, 3.63) is 77.9 Å². The topological polar surface area (TPSA) is 69.0 Å². The van der Waals surface area contributed by atoms with Gasteiger partial charge in [-0.3, -0.25) is 4.79 Å². The standard InChI is InChI=1S/C22H20N4O2S/c1-2-28-19-10-8-17(9-11-19)20-15-29-22(24-20)25-21(27)12-16-13-23-26(14-16)18-6-4-3-5-7-18/h3-11,13-15H,2,12H2,1H3,(H,24,25,27). The van der Waals surface area contributed by atoms with Crippen molar-refractivity contribution >= 4 is 22.4 Å². The molecule has 0 saturated carbocycles. The average Bonchev–Trinajstić information content (AvgIpc) is 3.39. The highest BCUT2D eigenvalue weighted by molar-refractivity contribution is 7.14. The number of thiazole rings is 1. The van der Waals surface area contributed by atoms with E-state index >= 15 is 0 Å². The summed E-state index contributed by atoms with van der Waals surface area (Å²) in [4.78, 5) is 16.9. The summed E-state index contributed by atoms with van der Waals surface area (Å²) in [6.07, 6.45) is 3.81. The van der Waals surface area contributed by atoms with Crippen LogP contribution < -0.4 is 10.1 Å². The summed E-state index contributed by atoms with van der Waals surface area (Å²) in [5.41, 5.74) is 3.60. The summed E-state index contributed by atoms with van der Waals surface area (Å²) in [5.74, 6) is 0.710. The van der Waals surface area contributed by atoms with Gasteiger partial charge in [-0.15, -0.1) is 11.3 Å². The molecule has 1 amide bonds. The first kappa shape index (κ1) is 18.9. The number of aromatic nitrogens is 3. The van der Waals surface area contributed by atoms with Crippen LogP contribution in [0.3, 0.4) is 0 Å². The van der Waals surface area contributed by atoms with Crippen molar-refractivity contribution in [2.45, 2.75) is 13.3 Å². The van der Waals surface area contributed by atoms with Gasteiger partial charge in [0, 0.05) is 17.1 Å². The quantitative estimate of drug-likeness (QED) is 0.490. The zero-order chi connectivity index (χ0) is 20.1. The molecule has 0 aliphatic heterocycles. The Morgan fingerprint density at radius 3 is 2.69 bits per heavy atom. The van der Waals surface area contributed by atoms with Crippen LogP contribution in [0.25, 0.3) is 16.9 Å². The molecule has 2 aromatic heterocycles. The Morgan fingerprint density at radius 1 is 1.14 bits per heavy atom. The van der Waals surface area contributed by atoms with Crippen LogP contribution in [0, 0.1) is 0 Å². The van der Waals surface area contributed by atoms with Crippen molar-refractivity contribution in [2.24, 2.45) is 0 Å². The molecule has 29 heavy (non-hydrogen) atoms. The lowest BCUT2D eigenvalue weighted by Crippen LogP contribution is -2.13. The van der Waals surface area contributed by atoms with E-state index in [0.29, 0.717) is 11.7 Å². The van der Waals surface area contributed by atoms with E-state index in [1.54, 1.807) is 10.9 Å². The Labute approximate surface area is 172 Å². The molecule has 0 fully saturated rings. The summed E-state index contributed by atoms with van der Waals surface area (Å²) in [7, 11) is 0. The molecule has 7 heteroatoms. The Balaban J connectivity index is 1.37. The van der Waals surface area contributed by atoms with Gasteiger partial charge in [0.05, 0.1) is 30.6 Å². The molecule has 0 unspecified atom stereocenters. The number of nitrogens with zero attached hydrogens (tertiary/aromatic N) is 3. The Hall–Kier alpha value is -3.45. The second kappa shape index (κ2) is 8.70. The molecule has 0 saturated heterocycles. The SMILES string of the molecule is CCOc1ccc(-c2csc(NC(=O)Cc3cnn(-c4ccccc4)c3)n2)cc1. The first-order valence-corrected chi connectivity index (χ1v) is 10.2. The summed E-state index contributed by atoms with van der Waals surface area (Å²) in [5, 5.41) is 9.70. The molecule has 0 radical (unpaired) electrons. The number of hydrogen-bond acceptors (Lipinski definition) is 5. The minimum absolute atomic E-state index is 0.120. The van der Waals surface area contributed by atoms with Gasteiger partial charge in [-0.1, -0.05) is 18.2 Å². The zero-order valence-electron chi connectivity index (χ0n) is 15.9. The highest BCUT2D eigenvalue weighted by Crippen LogP contribution is 2.26. The van der Waals surface area contributed by atoms with Gasteiger partial charge in [-0.05, 0) is 48.9 Å². The molecule has 6 nitrogen and oxygen atoms in total. The maximum Gasteiger partial charge on any atom is 0.230 e. The van der Waals surface area contributed by atoms with Crippen molar-refractivity contribution in [3.63, 3.8) is 0 Å². The fourth-order valence-electron chi connectivity index (χ4n) is 2.87. The molecule has 0 atom stereocenters. The van der Waals surface area contributed by atoms with Crippen LogP contribution >= 0.6 is 11.3 Å². The smallest absolute Gasteiger partial charge is 0.230 e. The van der Waals surface area contributed by atoms with Crippen LogP contribution in [-0.4, -0.2) is 27.3 Å². The van der Waals surface area contributed by atoms with Crippen LogP contribution in [-0.2, 0) is 11.2 Å². The van der Waals surface area contributed by atoms with E-state index in [-0.39, 0.29) is 12.3 Å². The van der Waals surface area contributed by atoms with Crippen molar-refractivity contribution < 1.29 is 9.53 Å². The molecular formula is C22H20N4O2S. The number of nitrogens with one attached hydrogen (secondary N) is 1. The van der Waals surface area contributed by atoms with Crippen LogP contribution in [0.15, 0.2) is 72.4 Å². The third kappa shape index (κ3) is 4.70. The minimum Gasteiger partial charge on any atom is -0.494 e. The van der Waals surface area contributed by atoms with Gasteiger partial charge >= 0.3 is 0 Å². The molecule has 1 N–H and O–H groups in total. The molecule has 2 heterocycles. The van der Waals surface area contributed by atoms with Crippen molar-refractivity contribution in [1.82, 2.24) is 14.8 Å². The maximum atomic E-state index is 12.4. The molecule has 0 bridgehead atoms. The number of para-hydroxylation sites is 1. The first-order chi connectivity index (χ1) is 14.2. The molecule has 0 spiro atoms. The van der Waals surface area contributed by atoms with E-state index < -0.39 is 0 Å². The largest absolute Gasteiger partial charge is 0.494 e.